The molecule has 0 fully saturated rings. The van der Waals surface area contributed by atoms with Crippen LogP contribution in [0.15, 0.2) is 97.8 Å². The Morgan fingerprint density at radius 2 is 1.80 bits per heavy atom. The van der Waals surface area contributed by atoms with Crippen molar-refractivity contribution in [3.05, 3.63) is 82.9 Å². The highest BCUT2D eigenvalue weighted by Gasteiger charge is 2.32. The summed E-state index contributed by atoms with van der Waals surface area (Å²) in [7, 11) is -4.31. The van der Waals surface area contributed by atoms with Gasteiger partial charge in [-0.25, -0.2) is 0 Å². The number of rotatable bonds is 4. The molecule has 0 atom stereocenters. The Hall–Kier alpha value is -3.40. The third-order valence-electron chi connectivity index (χ3n) is 6.06. The van der Waals surface area contributed by atoms with Gasteiger partial charge >= 0.3 is 0 Å². The minimum atomic E-state index is -4.31. The molecule has 0 spiro atoms. The standard InChI is InChI=1S/C26H23N3O4S2/c1-4-28-23(34-22-14-9-18-7-5-6-8-21(18)25(22)28)15-16(2)24-17(3)27-29(26(24)30)19-10-12-20(13-11-19)35(31,32)33/h5-15H,4H2,1-3H3,(H,31,32,33)/b23-15+,24-16-. The molecule has 0 aliphatic carbocycles. The van der Waals surface area contributed by atoms with Crippen molar-refractivity contribution in [1.82, 2.24) is 0 Å². The molecule has 9 heteroatoms. The van der Waals surface area contributed by atoms with Gasteiger partial charge in [0, 0.05) is 16.8 Å². The maximum absolute atomic E-state index is 13.3. The van der Waals surface area contributed by atoms with Crippen LogP contribution in [0.2, 0.25) is 0 Å². The lowest BCUT2D eigenvalue weighted by Crippen LogP contribution is -2.22. The van der Waals surface area contributed by atoms with Crippen molar-refractivity contribution in [2.45, 2.75) is 30.6 Å². The van der Waals surface area contributed by atoms with E-state index in [1.165, 1.54) is 50.6 Å². The molecule has 0 saturated carbocycles. The molecule has 1 N–H and O–H groups in total. The molecule has 5 rings (SSSR count). The van der Waals surface area contributed by atoms with E-state index in [-0.39, 0.29) is 10.8 Å². The second kappa shape index (κ2) is 8.67. The van der Waals surface area contributed by atoms with Gasteiger partial charge in [0.1, 0.15) is 0 Å². The number of allylic oxidation sites excluding steroid dienone is 2. The molecule has 3 aromatic carbocycles. The van der Waals surface area contributed by atoms with E-state index in [9.17, 15) is 17.8 Å². The van der Waals surface area contributed by atoms with Gasteiger partial charge < -0.3 is 4.90 Å². The number of nitrogens with zero attached hydrogens (tertiary/aromatic N) is 3. The molecule has 0 aromatic heterocycles. The Kier molecular flexibility index (Phi) is 5.79. The van der Waals surface area contributed by atoms with Crippen LogP contribution in [0.4, 0.5) is 11.4 Å². The van der Waals surface area contributed by atoms with E-state index >= 15 is 0 Å². The van der Waals surface area contributed by atoms with Gasteiger partial charge in [-0.2, -0.15) is 18.5 Å². The summed E-state index contributed by atoms with van der Waals surface area (Å²) in [4.78, 5) is 16.5. The Balaban J connectivity index is 1.49. The first-order valence-corrected chi connectivity index (χ1v) is 13.3. The van der Waals surface area contributed by atoms with Crippen LogP contribution in [0.5, 0.6) is 0 Å². The number of hydrazone groups is 1. The lowest BCUT2D eigenvalue weighted by molar-refractivity contribution is -0.114. The van der Waals surface area contributed by atoms with Crippen LogP contribution < -0.4 is 9.91 Å². The normalized spacial score (nSPS) is 18.5. The summed E-state index contributed by atoms with van der Waals surface area (Å²) in [6, 6.07) is 18.0. The molecule has 178 valence electrons. The molecule has 0 saturated heterocycles. The second-order valence-electron chi connectivity index (χ2n) is 8.29. The fraction of sp³-hybridized carbons (Fsp3) is 0.154. The Bertz CT molecular complexity index is 1570. The van der Waals surface area contributed by atoms with Gasteiger partial charge in [-0.15, -0.1) is 0 Å². The van der Waals surface area contributed by atoms with E-state index in [4.69, 9.17) is 0 Å². The van der Waals surface area contributed by atoms with E-state index in [1.54, 1.807) is 18.7 Å². The zero-order valence-electron chi connectivity index (χ0n) is 19.4. The van der Waals surface area contributed by atoms with Crippen LogP contribution in [0.1, 0.15) is 20.8 Å². The Morgan fingerprint density at radius 1 is 1.09 bits per heavy atom. The van der Waals surface area contributed by atoms with E-state index in [1.807, 2.05) is 25.1 Å². The third-order valence-corrected chi connectivity index (χ3v) is 8.03. The van der Waals surface area contributed by atoms with Crippen LogP contribution in [-0.4, -0.2) is 31.1 Å². The predicted molar refractivity (Wildman–Crippen MR) is 140 cm³/mol. The zero-order valence-corrected chi connectivity index (χ0v) is 21.0. The van der Waals surface area contributed by atoms with Gasteiger partial charge in [0.2, 0.25) is 0 Å². The minimum absolute atomic E-state index is 0.240. The molecule has 2 aliphatic rings. The molecule has 35 heavy (non-hydrogen) atoms. The van der Waals surface area contributed by atoms with Crippen molar-refractivity contribution in [3.8, 4) is 0 Å². The van der Waals surface area contributed by atoms with E-state index in [0.29, 0.717) is 17.0 Å². The molecule has 3 aromatic rings. The SMILES string of the molecule is CCN1/C(=C\C(C)=C2/C(=O)N(c3ccc(S(=O)(=O)O)cc3)N=C2C)Sc2ccc3ccccc3c21. The van der Waals surface area contributed by atoms with E-state index in [0.717, 1.165) is 17.1 Å². The lowest BCUT2D eigenvalue weighted by Gasteiger charge is -2.20. The van der Waals surface area contributed by atoms with Gasteiger partial charge in [-0.3, -0.25) is 9.35 Å². The third kappa shape index (κ3) is 4.05. The van der Waals surface area contributed by atoms with Crippen LogP contribution in [0.3, 0.4) is 0 Å². The number of thioether (sulfide) groups is 1. The molecule has 2 heterocycles. The van der Waals surface area contributed by atoms with E-state index < -0.39 is 10.1 Å². The average Bonchev–Trinajstić information content (AvgIpc) is 3.34. The fourth-order valence-electron chi connectivity index (χ4n) is 4.45. The first-order chi connectivity index (χ1) is 16.7. The lowest BCUT2D eigenvalue weighted by atomic mass is 10.0. The summed E-state index contributed by atoms with van der Waals surface area (Å²) in [5, 5.41) is 9.09. The topological polar surface area (TPSA) is 90.3 Å². The molecule has 7 nitrogen and oxygen atoms in total. The van der Waals surface area contributed by atoms with Crippen molar-refractivity contribution < 1.29 is 17.8 Å². The summed E-state index contributed by atoms with van der Waals surface area (Å²) >= 11 is 1.68. The number of hydrogen-bond donors (Lipinski definition) is 1. The number of fused-ring (bicyclic) bond motifs is 3. The molecule has 2 aliphatic heterocycles. The van der Waals surface area contributed by atoms with Crippen LogP contribution in [0, 0.1) is 0 Å². The first-order valence-electron chi connectivity index (χ1n) is 11.1. The monoisotopic (exact) mass is 505 g/mol. The molecule has 0 unspecified atom stereocenters. The van der Waals surface area contributed by atoms with Crippen molar-refractivity contribution >= 4 is 55.6 Å². The smallest absolute Gasteiger partial charge is 0.294 e. The number of carbonyl (C=O) groups is 1. The van der Waals surface area contributed by atoms with Gasteiger partial charge in [0.15, 0.2) is 0 Å². The highest BCUT2D eigenvalue weighted by molar-refractivity contribution is 8.03. The van der Waals surface area contributed by atoms with Crippen LogP contribution in [0.25, 0.3) is 10.8 Å². The highest BCUT2D eigenvalue weighted by atomic mass is 32.2. The molecule has 0 bridgehead atoms. The number of anilines is 2. The average molecular weight is 506 g/mol. The number of amides is 1. The predicted octanol–water partition coefficient (Wildman–Crippen LogP) is 5.60. The fourth-order valence-corrected chi connectivity index (χ4v) is 6.17. The Labute approximate surface area is 208 Å². The van der Waals surface area contributed by atoms with Gasteiger partial charge in [-0.1, -0.05) is 42.1 Å². The maximum Gasteiger partial charge on any atom is 0.294 e. The van der Waals surface area contributed by atoms with E-state index in [2.05, 4.69) is 41.2 Å². The van der Waals surface area contributed by atoms with Gasteiger partial charge in [0.25, 0.3) is 16.0 Å². The summed E-state index contributed by atoms with van der Waals surface area (Å²) < 4.78 is 31.8. The number of carbonyl (C=O) groups excluding carboxylic acids is 1. The summed E-state index contributed by atoms with van der Waals surface area (Å²) in [5.74, 6) is -0.287. The minimum Gasteiger partial charge on any atom is -0.335 e. The second-order valence-corrected chi connectivity index (χ2v) is 10.8. The van der Waals surface area contributed by atoms with Crippen molar-refractivity contribution in [2.75, 3.05) is 16.5 Å². The molecular weight excluding hydrogens is 482 g/mol. The quantitative estimate of drug-likeness (QED) is 0.367. The number of benzene rings is 3. The van der Waals surface area contributed by atoms with Crippen molar-refractivity contribution in [3.63, 3.8) is 0 Å². The summed E-state index contributed by atoms with van der Waals surface area (Å²) in [5.41, 5.74) is 3.49. The van der Waals surface area contributed by atoms with Crippen molar-refractivity contribution in [2.24, 2.45) is 5.10 Å². The largest absolute Gasteiger partial charge is 0.335 e. The van der Waals surface area contributed by atoms with Crippen LogP contribution in [-0.2, 0) is 14.9 Å². The van der Waals surface area contributed by atoms with Gasteiger partial charge in [0.05, 0.1) is 32.6 Å². The molecule has 0 radical (unpaired) electrons. The van der Waals surface area contributed by atoms with Gasteiger partial charge in [-0.05, 0) is 68.1 Å². The van der Waals surface area contributed by atoms with Crippen LogP contribution >= 0.6 is 11.8 Å². The first kappa shape index (κ1) is 23.3. The highest BCUT2D eigenvalue weighted by Crippen LogP contribution is 2.49. The maximum atomic E-state index is 13.3. The molecule has 1 amide bonds. The number of hydrogen-bond acceptors (Lipinski definition) is 6. The summed E-state index contributed by atoms with van der Waals surface area (Å²) in [6.45, 7) is 6.58. The zero-order chi connectivity index (χ0) is 24.9. The molecular formula is C26H23N3O4S2. The van der Waals surface area contributed by atoms with Crippen molar-refractivity contribution in [1.29, 1.82) is 0 Å². The Morgan fingerprint density at radius 3 is 2.49 bits per heavy atom. The summed E-state index contributed by atoms with van der Waals surface area (Å²) in [6.07, 6.45) is 2.03.